The van der Waals surface area contributed by atoms with E-state index >= 15 is 0 Å². The van der Waals surface area contributed by atoms with Crippen LogP contribution in [0.5, 0.6) is 0 Å². The molecule has 0 saturated carbocycles. The molecule has 0 aliphatic heterocycles. The Kier molecular flexibility index (Phi) is 66.7. The summed E-state index contributed by atoms with van der Waals surface area (Å²) in [6, 6.07) is 0. The van der Waals surface area contributed by atoms with Crippen LogP contribution in [0, 0.1) is 0 Å². The monoisotopic (exact) mass is 1290 g/mol. The molecule has 92 heavy (non-hydrogen) atoms. The Hall–Kier alpha value is -4.89. The highest BCUT2D eigenvalue weighted by Gasteiger charge is 2.27. The zero-order valence-corrected chi connectivity index (χ0v) is 60.1. The predicted molar refractivity (Wildman–Crippen MR) is 399 cm³/mol. The molecule has 1 N–H and O–H groups in total. The van der Waals surface area contributed by atoms with Crippen molar-refractivity contribution < 1.29 is 42.1 Å². The molecule has 0 aliphatic rings. The number of carbonyl (C=O) groups excluding carboxylic acids is 2. The molecule has 0 bridgehead atoms. The number of esters is 2. The normalized spacial score (nSPS) is 14.2. The molecule has 0 spiro atoms. The van der Waals surface area contributed by atoms with Gasteiger partial charge in [-0.15, -0.1) is 0 Å². The molecule has 0 fully saturated rings. The number of quaternary nitrogens is 1. The molecule has 0 radical (unpaired) electrons. The van der Waals surface area contributed by atoms with Crippen LogP contribution in [-0.4, -0.2) is 74.9 Å². The molecule has 0 aliphatic carbocycles. The van der Waals surface area contributed by atoms with Crippen molar-refractivity contribution >= 4 is 19.8 Å². The van der Waals surface area contributed by atoms with Crippen molar-refractivity contribution in [1.82, 2.24) is 0 Å². The Morgan fingerprint density at radius 2 is 0.587 bits per heavy atom. The number of ether oxygens (including phenoxy) is 2. The highest BCUT2D eigenvalue weighted by molar-refractivity contribution is 7.47. The fourth-order valence-electron chi connectivity index (χ4n) is 9.42. The zero-order chi connectivity index (χ0) is 66.9. The summed E-state index contributed by atoms with van der Waals surface area (Å²) < 4.78 is 34.7. The van der Waals surface area contributed by atoms with Gasteiger partial charge in [-0.2, -0.15) is 0 Å². The maximum atomic E-state index is 12.9. The van der Waals surface area contributed by atoms with Crippen molar-refractivity contribution in [3.63, 3.8) is 0 Å². The number of rotatable bonds is 65. The number of allylic oxidation sites excluding steroid dienone is 30. The number of hydrogen-bond acceptors (Lipinski definition) is 7. The highest BCUT2D eigenvalue weighted by Crippen LogP contribution is 2.43. The van der Waals surface area contributed by atoms with Crippen molar-refractivity contribution in [3.8, 4) is 0 Å². The highest BCUT2D eigenvalue weighted by atomic mass is 31.2. The third-order valence-electron chi connectivity index (χ3n) is 14.9. The Balaban J connectivity index is 4.13. The second-order valence-electron chi connectivity index (χ2n) is 24.9. The summed E-state index contributed by atoms with van der Waals surface area (Å²) in [5.74, 6) is -0.822. The van der Waals surface area contributed by atoms with E-state index in [2.05, 4.69) is 196 Å². The number of phosphoric ester groups is 1. The van der Waals surface area contributed by atoms with Crippen molar-refractivity contribution in [2.24, 2.45) is 0 Å². The van der Waals surface area contributed by atoms with Gasteiger partial charge in [0.15, 0.2) is 6.10 Å². The molecule has 0 saturated heterocycles. The third kappa shape index (κ3) is 74.2. The molecule has 10 heteroatoms. The number of hydrogen-bond donors (Lipinski definition) is 1. The van der Waals surface area contributed by atoms with Gasteiger partial charge in [0.25, 0.3) is 0 Å². The van der Waals surface area contributed by atoms with E-state index in [-0.39, 0.29) is 32.0 Å². The molecule has 9 nitrogen and oxygen atoms in total. The standard InChI is InChI=1S/C82H134NO8P/c1-6-8-10-12-14-16-18-20-22-24-26-28-30-32-34-36-38-39-40-41-42-43-45-47-49-51-53-55-57-59-61-63-65-67-69-71-73-75-82(85)91-80(79-90-92(86,87)89-77-76-83(3,4)5)78-88-81(84)74-72-70-68-66-64-62-60-58-56-54-52-50-48-46-44-37-35-33-31-29-27-25-23-21-19-17-15-13-11-9-7-2/h8-11,14-17,20-23,26-29,32-35,38-39,41-42,45,47,51,53,57,59,80H,6-7,12-13,18-19,24-25,30-31,36-37,40,43-44,46,48-50,52,54-56,58,60-79H2,1-5H3/p+1/b10-8-,11-9-,16-14-,17-15-,22-20-,23-21-,28-26-,29-27-,34-32-,35-33-,39-38-,42-41-,47-45-,53-51-,59-57-. The fraction of sp³-hybridized carbons (Fsp3) is 0.610. The average molecular weight is 1290 g/mol. The van der Waals surface area contributed by atoms with E-state index in [0.717, 1.165) is 154 Å². The van der Waals surface area contributed by atoms with E-state index in [1.165, 1.54) is 83.5 Å². The summed E-state index contributed by atoms with van der Waals surface area (Å²) in [6.07, 6.45) is 109. The maximum Gasteiger partial charge on any atom is 0.472 e. The zero-order valence-electron chi connectivity index (χ0n) is 59.2. The molecule has 0 heterocycles. The van der Waals surface area contributed by atoms with Crippen molar-refractivity contribution in [2.75, 3.05) is 47.5 Å². The summed E-state index contributed by atoms with van der Waals surface area (Å²) in [7, 11) is 1.45. The molecule has 2 atom stereocenters. The van der Waals surface area contributed by atoms with Crippen LogP contribution in [0.4, 0.5) is 0 Å². The van der Waals surface area contributed by atoms with Crippen LogP contribution in [0.2, 0.25) is 0 Å². The summed E-state index contributed by atoms with van der Waals surface area (Å²) in [5.41, 5.74) is 0. The van der Waals surface area contributed by atoms with Crippen LogP contribution >= 0.6 is 7.82 Å². The lowest BCUT2D eigenvalue weighted by Crippen LogP contribution is -2.37. The van der Waals surface area contributed by atoms with Gasteiger partial charge in [0.2, 0.25) is 0 Å². The SMILES string of the molecule is CC/C=C\C/C=C\C/C=C\C/C=C\C/C=C\C/C=C\C/C=C\C/C=C\C/C=C\C/C=C\CCCCCCCCC(=O)OC(COC(=O)CCCCCCCCCCCCCCCCC/C=C\C/C=C\C/C=C\C/C=C\C/C=C\CC)COP(=O)(O)OCC[N+](C)(C)C. The molecule has 2 unspecified atom stereocenters. The van der Waals surface area contributed by atoms with E-state index in [0.29, 0.717) is 17.4 Å². The van der Waals surface area contributed by atoms with Gasteiger partial charge in [-0.1, -0.05) is 305 Å². The van der Waals surface area contributed by atoms with Crippen LogP contribution < -0.4 is 0 Å². The maximum absolute atomic E-state index is 12.9. The van der Waals surface area contributed by atoms with Crippen LogP contribution in [0.3, 0.4) is 0 Å². The Morgan fingerprint density at radius 3 is 0.870 bits per heavy atom. The minimum atomic E-state index is -4.41. The van der Waals surface area contributed by atoms with Crippen LogP contribution in [0.25, 0.3) is 0 Å². The minimum Gasteiger partial charge on any atom is -0.462 e. The number of likely N-dealkylation sites (N-methyl/N-ethyl adjacent to an activating group) is 1. The van der Waals surface area contributed by atoms with Crippen LogP contribution in [0.1, 0.15) is 271 Å². The quantitative estimate of drug-likeness (QED) is 0.0211. The van der Waals surface area contributed by atoms with Crippen molar-refractivity contribution in [3.05, 3.63) is 182 Å². The third-order valence-corrected chi connectivity index (χ3v) is 15.9. The van der Waals surface area contributed by atoms with Gasteiger partial charge < -0.3 is 18.9 Å². The van der Waals surface area contributed by atoms with E-state index in [4.69, 9.17) is 18.5 Å². The fourth-order valence-corrected chi connectivity index (χ4v) is 10.2. The van der Waals surface area contributed by atoms with Crippen LogP contribution in [-0.2, 0) is 32.7 Å². The van der Waals surface area contributed by atoms with E-state index in [9.17, 15) is 19.0 Å². The molecule has 0 aromatic rings. The lowest BCUT2D eigenvalue weighted by atomic mass is 10.0. The predicted octanol–water partition coefficient (Wildman–Crippen LogP) is 24.3. The summed E-state index contributed by atoms with van der Waals surface area (Å²) in [4.78, 5) is 35.9. The Morgan fingerprint density at radius 1 is 0.337 bits per heavy atom. The van der Waals surface area contributed by atoms with Crippen LogP contribution in [0.15, 0.2) is 182 Å². The molecule has 0 rings (SSSR count). The van der Waals surface area contributed by atoms with E-state index in [1.54, 1.807) is 0 Å². The molecular weight excluding hydrogens is 1160 g/mol. The van der Waals surface area contributed by atoms with Gasteiger partial charge in [0.1, 0.15) is 19.8 Å². The number of nitrogens with zero attached hydrogens (tertiary/aromatic N) is 1. The summed E-state index contributed by atoms with van der Waals surface area (Å²) >= 11 is 0. The minimum absolute atomic E-state index is 0.0197. The Bertz CT molecular complexity index is 2210. The number of carbonyl (C=O) groups is 2. The lowest BCUT2D eigenvalue weighted by Gasteiger charge is -2.24. The Labute approximate surface area is 565 Å². The van der Waals surface area contributed by atoms with Crippen molar-refractivity contribution in [2.45, 2.75) is 277 Å². The average Bonchev–Trinajstić information content (AvgIpc) is 2.34. The van der Waals surface area contributed by atoms with Crippen molar-refractivity contribution in [1.29, 1.82) is 0 Å². The smallest absolute Gasteiger partial charge is 0.462 e. The first kappa shape index (κ1) is 87.1. The van der Waals surface area contributed by atoms with Gasteiger partial charge >= 0.3 is 19.8 Å². The van der Waals surface area contributed by atoms with Gasteiger partial charge in [0, 0.05) is 12.8 Å². The first-order valence-corrected chi connectivity index (χ1v) is 38.0. The van der Waals surface area contributed by atoms with E-state index in [1.807, 2.05) is 21.1 Å². The second-order valence-corrected chi connectivity index (χ2v) is 26.3. The number of unbranched alkanes of at least 4 members (excludes halogenated alkanes) is 21. The first-order chi connectivity index (χ1) is 45.0. The van der Waals surface area contributed by atoms with E-state index < -0.39 is 26.5 Å². The van der Waals surface area contributed by atoms with Gasteiger partial charge in [0.05, 0.1) is 27.7 Å². The topological polar surface area (TPSA) is 108 Å². The molecule has 0 amide bonds. The second kappa shape index (κ2) is 70.4. The van der Waals surface area contributed by atoms with Gasteiger partial charge in [-0.3, -0.25) is 18.6 Å². The lowest BCUT2D eigenvalue weighted by molar-refractivity contribution is -0.870. The van der Waals surface area contributed by atoms with Gasteiger partial charge in [-0.05, 0) is 135 Å². The molecular formula is C82H135NO8P+. The first-order valence-electron chi connectivity index (χ1n) is 36.5. The summed E-state index contributed by atoms with van der Waals surface area (Å²) in [6.45, 7) is 4.18. The largest absolute Gasteiger partial charge is 0.472 e. The molecule has 0 aromatic carbocycles. The number of phosphoric acid groups is 1. The molecule has 0 aromatic heterocycles. The summed E-state index contributed by atoms with van der Waals surface area (Å²) in [5, 5.41) is 0. The molecule has 520 valence electrons. The van der Waals surface area contributed by atoms with Gasteiger partial charge in [-0.25, -0.2) is 4.57 Å².